The molecule has 0 unspecified atom stereocenters. The number of aryl methyl sites for hydroxylation is 4. The first-order chi connectivity index (χ1) is 64.5. The molecule has 6 saturated heterocycles. The molecule has 6 fully saturated rings. The number of benzene rings is 1. The van der Waals surface area contributed by atoms with Gasteiger partial charge in [-0.15, -0.1) is 40.8 Å². The molecule has 7 aliphatic rings. The van der Waals surface area contributed by atoms with E-state index in [9.17, 15) is 21.6 Å². The first-order valence-electron chi connectivity index (χ1n) is 46.0. The molecule has 0 atom stereocenters. The second kappa shape index (κ2) is 50.4. The van der Waals surface area contributed by atoms with E-state index in [0.29, 0.717) is 135 Å². The van der Waals surface area contributed by atoms with Crippen molar-refractivity contribution >= 4 is 90.3 Å². The van der Waals surface area contributed by atoms with Crippen molar-refractivity contribution in [2.45, 2.75) is 155 Å². The third kappa shape index (κ3) is 31.3. The van der Waals surface area contributed by atoms with E-state index in [-0.39, 0.29) is 24.5 Å². The molecule has 40 heteroatoms. The summed E-state index contributed by atoms with van der Waals surface area (Å²) in [6.07, 6.45) is 35.5. The zero-order valence-corrected chi connectivity index (χ0v) is 80.4. The lowest BCUT2D eigenvalue weighted by molar-refractivity contribution is 0.0998. The molecule has 0 radical (unpaired) electrons. The number of hydrogen-bond acceptors (Lipinski definition) is 32. The summed E-state index contributed by atoms with van der Waals surface area (Å²) in [5.74, 6) is 7.83. The predicted octanol–water partition coefficient (Wildman–Crippen LogP) is 13.6. The Morgan fingerprint density at radius 1 is 0.353 bits per heavy atom. The fourth-order valence-electron chi connectivity index (χ4n) is 16.1. The third-order valence-corrected chi connectivity index (χ3v) is 27.9. The number of nitrogens with zero attached hydrogens (tertiary/aromatic N) is 25. The van der Waals surface area contributed by atoms with Gasteiger partial charge in [-0.1, -0.05) is 98.9 Å². The Hall–Kier alpha value is -11.0. The van der Waals surface area contributed by atoms with E-state index in [1.807, 2.05) is 122 Å². The molecule has 1 amide bonds. The summed E-state index contributed by atoms with van der Waals surface area (Å²) in [6.45, 7) is 21.9. The van der Waals surface area contributed by atoms with Crippen LogP contribution in [0.3, 0.4) is 0 Å². The number of hydrogen-bond donors (Lipinski definition) is 0. The standard InChI is InChI=1S/C29H34N6O3.2C22H32N6O3S.C16H20ClN5O.C4H2Cl2N2/c1-2-22-18-30-28(31-19-22)34-14-10-24(11-15-34)20-37-27-9-8-26(32-33-27)25-12-16-35(17-13-25)29(36)38-21-23-6-4-3-5-7-23;2*1-3-17-14-23-22(24-15-17)27-10-6-18(7-11-27)16-31-21-5-4-20(25-26-21)19-8-12-28(13-9-19)32(2,29)30;1-2-12-9-18-16(19-10-12)22-7-5-13(6-8-22)11-23-15-4-3-14(17)20-21-15;5-3-1-2-4(6)8-7-3/h3-9,12,18-19,24H,2,10-11,13-17,20-21H2,1H3;2*4-5,14-15,18-19H,3,6-13,16H2,1-2H3;3-4,9-10,13H,2,5-8,11H2,1H3;1-2H. The van der Waals surface area contributed by atoms with Crippen molar-refractivity contribution in [1.82, 2.24) is 104 Å². The van der Waals surface area contributed by atoms with Crippen LogP contribution in [0.4, 0.5) is 28.6 Å². The molecule has 133 heavy (non-hydrogen) atoms. The number of ether oxygens (including phenoxy) is 5. The summed E-state index contributed by atoms with van der Waals surface area (Å²) >= 11 is 16.5. The van der Waals surface area contributed by atoms with E-state index in [0.717, 1.165) is 224 Å². The Kier molecular flexibility index (Phi) is 37.7. The van der Waals surface area contributed by atoms with Crippen LogP contribution < -0.4 is 38.5 Å². The number of carbonyl (C=O) groups is 1. The Morgan fingerprint density at radius 3 is 0.932 bits per heavy atom. The molecule has 0 bridgehead atoms. The van der Waals surface area contributed by atoms with E-state index in [4.69, 9.17) is 58.5 Å². The quantitative estimate of drug-likeness (QED) is 0.0461. The highest BCUT2D eigenvalue weighted by molar-refractivity contribution is 7.88. The zero-order valence-electron chi connectivity index (χ0n) is 76.5. The maximum atomic E-state index is 12.4. The molecule has 10 aromatic rings. The van der Waals surface area contributed by atoms with Crippen LogP contribution >= 0.6 is 34.8 Å². The Bertz CT molecular complexity index is 5240. The topological polar surface area (TPSA) is 386 Å². The number of aromatic nitrogens is 18. The van der Waals surface area contributed by atoms with E-state index in [1.165, 1.54) is 26.7 Å². The van der Waals surface area contributed by atoms with Gasteiger partial charge in [0.15, 0.2) is 15.5 Å². The van der Waals surface area contributed by atoms with Gasteiger partial charge in [-0.25, -0.2) is 70.1 Å². The summed E-state index contributed by atoms with van der Waals surface area (Å²) in [4.78, 5) is 58.9. The van der Waals surface area contributed by atoms with Gasteiger partial charge in [-0.3, -0.25) is 0 Å². The Labute approximate surface area is 794 Å². The number of amides is 1. The summed E-state index contributed by atoms with van der Waals surface area (Å²) in [6, 6.07) is 27.8. The highest BCUT2D eigenvalue weighted by Gasteiger charge is 2.32. The molecule has 0 N–H and O–H groups in total. The van der Waals surface area contributed by atoms with Crippen molar-refractivity contribution in [3.8, 4) is 23.5 Å². The van der Waals surface area contributed by atoms with E-state index >= 15 is 0 Å². The molecular weight excluding hydrogens is 1800 g/mol. The van der Waals surface area contributed by atoms with Gasteiger partial charge in [-0.05, 0) is 203 Å². The summed E-state index contributed by atoms with van der Waals surface area (Å²) in [5.41, 5.74) is 9.33. The van der Waals surface area contributed by atoms with E-state index in [2.05, 4.69) is 138 Å². The van der Waals surface area contributed by atoms with Crippen LogP contribution in [-0.2, 0) is 57.1 Å². The first kappa shape index (κ1) is 99.5. The van der Waals surface area contributed by atoms with Crippen molar-refractivity contribution in [1.29, 1.82) is 0 Å². The molecule has 35 nitrogen and oxygen atoms in total. The lowest BCUT2D eigenvalue weighted by Crippen LogP contribution is -2.37. The van der Waals surface area contributed by atoms with Gasteiger partial charge in [0.2, 0.25) is 67.4 Å². The number of sulfonamides is 2. The number of halogens is 3. The van der Waals surface area contributed by atoms with Crippen molar-refractivity contribution in [3.05, 3.63) is 207 Å². The molecule has 7 aliphatic heterocycles. The van der Waals surface area contributed by atoms with Crippen LogP contribution in [-0.4, -0.2) is 258 Å². The van der Waals surface area contributed by atoms with Crippen LogP contribution in [0.15, 0.2) is 147 Å². The summed E-state index contributed by atoms with van der Waals surface area (Å²) in [5, 5.41) is 41.6. The second-order valence-electron chi connectivity index (χ2n) is 34.0. The van der Waals surface area contributed by atoms with Crippen molar-refractivity contribution < 1.29 is 45.3 Å². The van der Waals surface area contributed by atoms with Crippen molar-refractivity contribution in [2.24, 2.45) is 23.7 Å². The van der Waals surface area contributed by atoms with E-state index < -0.39 is 20.0 Å². The van der Waals surface area contributed by atoms with Crippen LogP contribution in [0.25, 0.3) is 5.57 Å². The SMILES string of the molecule is CCc1cnc(N2CCC(COc3ccc(C4=CCN(C(=O)OCc5ccccc5)CC4)nn3)CC2)nc1.CCc1cnc(N2CCC(COc3ccc(C4CCN(S(C)(=O)=O)CC4)nn3)CC2)nc1.CCc1cnc(N2CCC(COc3ccc(C4CCN(S(C)(=O)=O)CC4)nn3)CC2)nc1.CCc1cnc(N2CCC(COc3ccc(Cl)nn3)CC2)nc1.Clc1ccc(Cl)nn1. The molecule has 0 saturated carbocycles. The number of piperidine rings is 6. The van der Waals surface area contributed by atoms with E-state index in [1.54, 1.807) is 29.2 Å². The van der Waals surface area contributed by atoms with Crippen LogP contribution in [0, 0.1) is 23.7 Å². The fraction of sp³-hybridized carbons (Fsp3) is 0.516. The average molecular weight is 1920 g/mol. The lowest BCUT2D eigenvalue weighted by Gasteiger charge is -2.31. The number of anilines is 4. The van der Waals surface area contributed by atoms with Gasteiger partial charge in [0, 0.05) is 177 Å². The lowest BCUT2D eigenvalue weighted by atomic mass is 9.94. The molecule has 1 aromatic carbocycles. The molecular formula is C93H120Cl3N25O10S2. The molecule has 9 aromatic heterocycles. The van der Waals surface area contributed by atoms with Gasteiger partial charge in [0.1, 0.15) is 6.61 Å². The molecule has 0 spiro atoms. The monoisotopic (exact) mass is 1920 g/mol. The highest BCUT2D eigenvalue weighted by Crippen LogP contribution is 2.33. The number of carbonyl (C=O) groups excluding carboxylic acids is 1. The van der Waals surface area contributed by atoms with Gasteiger partial charge in [0.05, 0.1) is 56.0 Å². The smallest absolute Gasteiger partial charge is 0.410 e. The largest absolute Gasteiger partial charge is 0.476 e. The molecule has 17 rings (SSSR count). The molecule has 710 valence electrons. The zero-order chi connectivity index (χ0) is 93.3. The molecule has 16 heterocycles. The predicted molar refractivity (Wildman–Crippen MR) is 510 cm³/mol. The van der Waals surface area contributed by atoms with Crippen LogP contribution in [0.1, 0.15) is 168 Å². The minimum atomic E-state index is -3.11. The van der Waals surface area contributed by atoms with Gasteiger partial charge in [0.25, 0.3) is 0 Å². The normalized spacial score (nSPS) is 17.2. The average Bonchev–Trinajstić information content (AvgIpc) is 0.818. The van der Waals surface area contributed by atoms with Gasteiger partial charge in [-0.2, -0.15) is 10.2 Å². The van der Waals surface area contributed by atoms with Crippen LogP contribution in [0.5, 0.6) is 23.5 Å². The maximum absolute atomic E-state index is 12.4. The summed E-state index contributed by atoms with van der Waals surface area (Å²) < 4.78 is 78.6. The second-order valence-corrected chi connectivity index (χ2v) is 39.1. The van der Waals surface area contributed by atoms with Gasteiger partial charge >= 0.3 is 6.09 Å². The Morgan fingerprint density at radius 2 is 0.662 bits per heavy atom. The number of rotatable bonds is 27. The van der Waals surface area contributed by atoms with Crippen molar-refractivity contribution in [3.63, 3.8) is 0 Å². The fourth-order valence-corrected chi connectivity index (χ4v) is 18.2. The maximum Gasteiger partial charge on any atom is 0.410 e. The highest BCUT2D eigenvalue weighted by atomic mass is 35.5. The third-order valence-electron chi connectivity index (χ3n) is 24.7. The summed E-state index contributed by atoms with van der Waals surface area (Å²) in [7, 11) is -6.22. The first-order valence-corrected chi connectivity index (χ1v) is 50.8. The minimum Gasteiger partial charge on any atom is -0.476 e. The van der Waals surface area contributed by atoms with Gasteiger partial charge < -0.3 is 48.2 Å². The van der Waals surface area contributed by atoms with Crippen molar-refractivity contribution in [2.75, 3.05) is 150 Å². The van der Waals surface area contributed by atoms with Crippen LogP contribution in [0.2, 0.25) is 15.5 Å². The minimum absolute atomic E-state index is 0.243. The Balaban J connectivity index is 0.000000148. The molecule has 0 aliphatic carbocycles.